The first-order valence-electron chi connectivity index (χ1n) is 9.02. The Morgan fingerprint density at radius 3 is 2.88 bits per heavy atom. The molecule has 138 valence electrons. The maximum Gasteiger partial charge on any atom is 0.328 e. The quantitative estimate of drug-likeness (QED) is 0.761. The summed E-state index contributed by atoms with van der Waals surface area (Å²) < 4.78 is 6.54. The van der Waals surface area contributed by atoms with Crippen LogP contribution in [0.4, 0.5) is 0 Å². The summed E-state index contributed by atoms with van der Waals surface area (Å²) in [5.41, 5.74) is 0.475. The zero-order valence-corrected chi connectivity index (χ0v) is 14.9. The van der Waals surface area contributed by atoms with Gasteiger partial charge < -0.3 is 9.64 Å². The van der Waals surface area contributed by atoms with Crippen molar-refractivity contribution in [2.24, 2.45) is 0 Å². The van der Waals surface area contributed by atoms with Crippen molar-refractivity contribution < 1.29 is 14.3 Å². The molecular formula is C19H23N3O4. The van der Waals surface area contributed by atoms with E-state index in [0.29, 0.717) is 30.5 Å². The van der Waals surface area contributed by atoms with Crippen molar-refractivity contribution in [2.45, 2.75) is 45.2 Å². The van der Waals surface area contributed by atoms with Gasteiger partial charge in [-0.05, 0) is 38.3 Å². The molecule has 1 aromatic heterocycles. The molecule has 26 heavy (non-hydrogen) atoms. The number of ether oxygens (including phenoxy) is 1. The molecule has 1 aromatic carbocycles. The van der Waals surface area contributed by atoms with E-state index in [1.54, 1.807) is 30.0 Å². The molecule has 1 atom stereocenters. The molecule has 0 aliphatic carbocycles. The number of benzene rings is 1. The average Bonchev–Trinajstić information content (AvgIpc) is 2.67. The van der Waals surface area contributed by atoms with Crippen LogP contribution in [-0.2, 0) is 20.9 Å². The van der Waals surface area contributed by atoms with Gasteiger partial charge in [0, 0.05) is 19.5 Å². The first kappa shape index (κ1) is 18.1. The second-order valence-electron chi connectivity index (χ2n) is 6.36. The number of hydrogen-bond acceptors (Lipinski definition) is 5. The Morgan fingerprint density at radius 2 is 2.08 bits per heavy atom. The van der Waals surface area contributed by atoms with Crippen LogP contribution in [0.3, 0.4) is 0 Å². The highest BCUT2D eigenvalue weighted by Gasteiger charge is 2.32. The van der Waals surface area contributed by atoms with Gasteiger partial charge in [0.25, 0.3) is 5.56 Å². The third-order valence-corrected chi connectivity index (χ3v) is 4.68. The van der Waals surface area contributed by atoms with Crippen molar-refractivity contribution in [1.82, 2.24) is 14.5 Å². The smallest absolute Gasteiger partial charge is 0.328 e. The van der Waals surface area contributed by atoms with Gasteiger partial charge in [0.2, 0.25) is 5.91 Å². The lowest BCUT2D eigenvalue weighted by Gasteiger charge is -2.34. The highest BCUT2D eigenvalue weighted by molar-refractivity contribution is 5.84. The standard InChI is InChI=1S/C19H23N3O4/c1-2-26-19(25)16-9-5-6-11-22(16)17(23)10-12-21-13-20-15-8-4-3-7-14(15)18(21)24/h3-4,7-8,13,16H,2,5-6,9-12H2,1H3/t16-/m1/s1. The van der Waals surface area contributed by atoms with E-state index in [9.17, 15) is 14.4 Å². The molecule has 2 heterocycles. The molecule has 1 saturated heterocycles. The Morgan fingerprint density at radius 1 is 1.27 bits per heavy atom. The Labute approximate surface area is 151 Å². The van der Waals surface area contributed by atoms with Crippen LogP contribution < -0.4 is 5.56 Å². The largest absolute Gasteiger partial charge is 0.464 e. The summed E-state index contributed by atoms with van der Waals surface area (Å²) in [5.74, 6) is -0.479. The summed E-state index contributed by atoms with van der Waals surface area (Å²) in [5, 5.41) is 0.532. The van der Waals surface area contributed by atoms with Crippen LogP contribution in [0.1, 0.15) is 32.6 Å². The minimum absolute atomic E-state index is 0.136. The maximum absolute atomic E-state index is 12.6. The summed E-state index contributed by atoms with van der Waals surface area (Å²) in [4.78, 5) is 43.1. The first-order valence-corrected chi connectivity index (χ1v) is 9.02. The van der Waals surface area contributed by atoms with Gasteiger partial charge in [-0.1, -0.05) is 12.1 Å². The number of carbonyl (C=O) groups is 2. The number of rotatable bonds is 5. The molecule has 0 spiro atoms. The molecule has 7 heteroatoms. The Kier molecular flexibility index (Phi) is 5.65. The molecule has 2 aromatic rings. The lowest BCUT2D eigenvalue weighted by atomic mass is 10.0. The predicted octanol–water partition coefficient (Wildman–Crippen LogP) is 1.73. The molecule has 1 fully saturated rings. The maximum atomic E-state index is 12.6. The fraction of sp³-hybridized carbons (Fsp3) is 0.474. The molecule has 3 rings (SSSR count). The van der Waals surface area contributed by atoms with E-state index in [1.807, 2.05) is 6.07 Å². The zero-order valence-electron chi connectivity index (χ0n) is 14.9. The van der Waals surface area contributed by atoms with Gasteiger partial charge in [0.1, 0.15) is 6.04 Å². The fourth-order valence-electron chi connectivity index (χ4n) is 3.34. The third kappa shape index (κ3) is 3.76. The number of carbonyl (C=O) groups excluding carboxylic acids is 2. The molecule has 0 radical (unpaired) electrons. The number of esters is 1. The molecule has 1 amide bonds. The predicted molar refractivity (Wildman–Crippen MR) is 96.6 cm³/mol. The van der Waals surface area contributed by atoms with Crippen LogP contribution in [0.15, 0.2) is 35.4 Å². The molecule has 1 aliphatic heterocycles. The normalized spacial score (nSPS) is 17.3. The van der Waals surface area contributed by atoms with Crippen LogP contribution in [-0.4, -0.2) is 45.5 Å². The van der Waals surface area contributed by atoms with Crippen LogP contribution >= 0.6 is 0 Å². The number of nitrogens with zero attached hydrogens (tertiary/aromatic N) is 3. The Bertz CT molecular complexity index is 861. The highest BCUT2D eigenvalue weighted by Crippen LogP contribution is 2.19. The van der Waals surface area contributed by atoms with E-state index in [4.69, 9.17) is 4.74 Å². The van der Waals surface area contributed by atoms with Gasteiger partial charge in [0.15, 0.2) is 0 Å². The summed E-state index contributed by atoms with van der Waals surface area (Å²) in [6.45, 7) is 2.84. The van der Waals surface area contributed by atoms with E-state index in [1.165, 1.54) is 10.9 Å². The number of likely N-dealkylation sites (tertiary alicyclic amines) is 1. The molecule has 0 saturated carbocycles. The number of para-hydroxylation sites is 1. The van der Waals surface area contributed by atoms with Crippen molar-refractivity contribution in [3.8, 4) is 0 Å². The summed E-state index contributed by atoms with van der Waals surface area (Å²) in [7, 11) is 0. The van der Waals surface area contributed by atoms with Gasteiger partial charge in [-0.2, -0.15) is 0 Å². The van der Waals surface area contributed by atoms with E-state index in [-0.39, 0.29) is 30.4 Å². The molecule has 0 unspecified atom stereocenters. The van der Waals surface area contributed by atoms with E-state index >= 15 is 0 Å². The fourth-order valence-corrected chi connectivity index (χ4v) is 3.34. The number of aromatic nitrogens is 2. The van der Waals surface area contributed by atoms with Crippen molar-refractivity contribution in [3.63, 3.8) is 0 Å². The third-order valence-electron chi connectivity index (χ3n) is 4.68. The number of piperidine rings is 1. The summed E-state index contributed by atoms with van der Waals surface area (Å²) in [6.07, 6.45) is 4.02. The lowest BCUT2D eigenvalue weighted by Crippen LogP contribution is -2.49. The first-order chi connectivity index (χ1) is 12.6. The SMILES string of the molecule is CCOC(=O)[C@H]1CCCCN1C(=O)CCn1cnc2ccccc2c1=O. The van der Waals surface area contributed by atoms with Crippen molar-refractivity contribution in [2.75, 3.05) is 13.2 Å². The molecular weight excluding hydrogens is 334 g/mol. The van der Waals surface area contributed by atoms with E-state index in [0.717, 1.165) is 12.8 Å². The van der Waals surface area contributed by atoms with E-state index in [2.05, 4.69) is 4.98 Å². The van der Waals surface area contributed by atoms with Gasteiger partial charge >= 0.3 is 5.97 Å². The molecule has 1 aliphatic rings. The number of hydrogen-bond donors (Lipinski definition) is 0. The van der Waals surface area contributed by atoms with Crippen LogP contribution in [0.2, 0.25) is 0 Å². The lowest BCUT2D eigenvalue weighted by molar-refractivity contribution is -0.156. The van der Waals surface area contributed by atoms with Crippen LogP contribution in [0.5, 0.6) is 0 Å². The van der Waals surface area contributed by atoms with Crippen molar-refractivity contribution >= 4 is 22.8 Å². The van der Waals surface area contributed by atoms with Gasteiger partial charge in [-0.25, -0.2) is 9.78 Å². The molecule has 7 nitrogen and oxygen atoms in total. The minimum Gasteiger partial charge on any atom is -0.464 e. The highest BCUT2D eigenvalue weighted by atomic mass is 16.5. The Balaban J connectivity index is 1.70. The number of amides is 1. The number of aryl methyl sites for hydroxylation is 1. The summed E-state index contributed by atoms with van der Waals surface area (Å²) >= 11 is 0. The molecule has 0 N–H and O–H groups in total. The second kappa shape index (κ2) is 8.12. The summed E-state index contributed by atoms with van der Waals surface area (Å²) in [6, 6.07) is 6.61. The second-order valence-corrected chi connectivity index (χ2v) is 6.36. The minimum atomic E-state index is -0.511. The van der Waals surface area contributed by atoms with Crippen molar-refractivity contribution in [3.05, 3.63) is 40.9 Å². The van der Waals surface area contributed by atoms with Gasteiger partial charge in [-0.3, -0.25) is 14.2 Å². The van der Waals surface area contributed by atoms with Gasteiger partial charge in [-0.15, -0.1) is 0 Å². The van der Waals surface area contributed by atoms with E-state index < -0.39 is 6.04 Å². The molecule has 0 bridgehead atoms. The monoisotopic (exact) mass is 357 g/mol. The van der Waals surface area contributed by atoms with Crippen LogP contribution in [0.25, 0.3) is 10.9 Å². The van der Waals surface area contributed by atoms with Crippen LogP contribution in [0, 0.1) is 0 Å². The zero-order chi connectivity index (χ0) is 18.5. The van der Waals surface area contributed by atoms with Gasteiger partial charge in [0.05, 0.1) is 23.8 Å². The van der Waals surface area contributed by atoms with Crippen molar-refractivity contribution in [1.29, 1.82) is 0 Å². The topological polar surface area (TPSA) is 81.5 Å². The Hall–Kier alpha value is -2.70. The average molecular weight is 357 g/mol. The number of fused-ring (bicyclic) bond motifs is 1.